The summed E-state index contributed by atoms with van der Waals surface area (Å²) in [6, 6.07) is 14.5. The molecule has 0 heterocycles. The van der Waals surface area contributed by atoms with Crippen LogP contribution in [0.5, 0.6) is 0 Å². The SMILES string of the molecule is N#Cc1ccc(Nc2ccc(Br)cc2C#N)cc1Cl. The molecule has 0 aliphatic carbocycles. The van der Waals surface area contributed by atoms with E-state index in [-0.39, 0.29) is 0 Å². The molecular weight excluding hydrogens is 326 g/mol. The molecule has 0 bridgehead atoms. The van der Waals surface area contributed by atoms with Crippen molar-refractivity contribution in [3.8, 4) is 12.1 Å². The summed E-state index contributed by atoms with van der Waals surface area (Å²) in [5.74, 6) is 0. The Bertz CT molecular complexity index is 714. The van der Waals surface area contributed by atoms with Crippen LogP contribution >= 0.6 is 27.5 Å². The highest BCUT2D eigenvalue weighted by atomic mass is 79.9. The van der Waals surface area contributed by atoms with Gasteiger partial charge < -0.3 is 5.32 Å². The number of nitrogens with one attached hydrogen (secondary N) is 1. The molecule has 3 nitrogen and oxygen atoms in total. The van der Waals surface area contributed by atoms with Gasteiger partial charge in [-0.25, -0.2) is 0 Å². The van der Waals surface area contributed by atoms with Crippen LogP contribution in [0.15, 0.2) is 40.9 Å². The van der Waals surface area contributed by atoms with Crippen molar-refractivity contribution in [3.05, 3.63) is 57.0 Å². The average Bonchev–Trinajstić information content (AvgIpc) is 2.41. The van der Waals surface area contributed by atoms with Gasteiger partial charge in [-0.2, -0.15) is 10.5 Å². The molecule has 5 heteroatoms. The molecule has 92 valence electrons. The molecular formula is C14H7BrClN3. The highest BCUT2D eigenvalue weighted by Gasteiger charge is 2.05. The fourth-order valence-electron chi connectivity index (χ4n) is 1.56. The maximum atomic E-state index is 9.08. The van der Waals surface area contributed by atoms with E-state index in [4.69, 9.17) is 22.1 Å². The molecule has 1 N–H and O–H groups in total. The molecule has 0 atom stereocenters. The number of halogens is 2. The van der Waals surface area contributed by atoms with Crippen molar-refractivity contribution in [2.45, 2.75) is 0 Å². The van der Waals surface area contributed by atoms with E-state index < -0.39 is 0 Å². The van der Waals surface area contributed by atoms with Crippen LogP contribution in [0.1, 0.15) is 11.1 Å². The summed E-state index contributed by atoms with van der Waals surface area (Å²) in [5.41, 5.74) is 2.35. The second-order valence-electron chi connectivity index (χ2n) is 3.73. The van der Waals surface area contributed by atoms with Gasteiger partial charge in [0.1, 0.15) is 12.1 Å². The lowest BCUT2D eigenvalue weighted by Crippen LogP contribution is -1.94. The van der Waals surface area contributed by atoms with Gasteiger partial charge in [0.05, 0.1) is 21.8 Å². The summed E-state index contributed by atoms with van der Waals surface area (Å²) in [5, 5.41) is 21.4. The fourth-order valence-corrected chi connectivity index (χ4v) is 2.14. The minimum Gasteiger partial charge on any atom is -0.354 e. The summed E-state index contributed by atoms with van der Waals surface area (Å²) < 4.78 is 0.840. The molecule has 19 heavy (non-hydrogen) atoms. The van der Waals surface area contributed by atoms with Gasteiger partial charge in [-0.3, -0.25) is 0 Å². The zero-order valence-electron chi connectivity index (χ0n) is 9.61. The van der Waals surface area contributed by atoms with Crippen molar-refractivity contribution in [2.75, 3.05) is 5.32 Å². The van der Waals surface area contributed by atoms with Crippen LogP contribution in [0.2, 0.25) is 5.02 Å². The van der Waals surface area contributed by atoms with Crippen molar-refractivity contribution in [3.63, 3.8) is 0 Å². The molecule has 0 radical (unpaired) electrons. The number of anilines is 2. The smallest absolute Gasteiger partial charge is 0.101 e. The Kier molecular flexibility index (Phi) is 4.06. The third-order valence-electron chi connectivity index (χ3n) is 2.47. The van der Waals surface area contributed by atoms with Gasteiger partial charge in [0.25, 0.3) is 0 Å². The van der Waals surface area contributed by atoms with Crippen molar-refractivity contribution in [1.82, 2.24) is 0 Å². The van der Waals surface area contributed by atoms with Crippen molar-refractivity contribution < 1.29 is 0 Å². The predicted octanol–water partition coefficient (Wildman–Crippen LogP) is 4.59. The van der Waals surface area contributed by atoms with Gasteiger partial charge >= 0.3 is 0 Å². The normalized spacial score (nSPS) is 9.47. The van der Waals surface area contributed by atoms with Gasteiger partial charge in [-0.05, 0) is 36.4 Å². The Hall–Kier alpha value is -2.01. The minimum atomic E-state index is 0.378. The van der Waals surface area contributed by atoms with Crippen LogP contribution in [-0.2, 0) is 0 Å². The Morgan fingerprint density at radius 1 is 1.00 bits per heavy atom. The highest BCUT2D eigenvalue weighted by Crippen LogP contribution is 2.26. The quantitative estimate of drug-likeness (QED) is 0.875. The topological polar surface area (TPSA) is 59.6 Å². The molecule has 0 saturated heterocycles. The van der Waals surface area contributed by atoms with Crippen LogP contribution in [0.4, 0.5) is 11.4 Å². The van der Waals surface area contributed by atoms with E-state index >= 15 is 0 Å². The summed E-state index contributed by atoms with van der Waals surface area (Å²) in [6.45, 7) is 0. The number of benzene rings is 2. The minimum absolute atomic E-state index is 0.378. The van der Waals surface area contributed by atoms with E-state index in [1.54, 1.807) is 30.3 Å². The number of hydrogen-bond acceptors (Lipinski definition) is 3. The monoisotopic (exact) mass is 331 g/mol. The van der Waals surface area contributed by atoms with E-state index in [1.807, 2.05) is 12.1 Å². The van der Waals surface area contributed by atoms with Gasteiger partial charge in [0.15, 0.2) is 0 Å². The van der Waals surface area contributed by atoms with Crippen molar-refractivity contribution in [2.24, 2.45) is 0 Å². The van der Waals surface area contributed by atoms with Crippen LogP contribution in [0.25, 0.3) is 0 Å². The second kappa shape index (κ2) is 5.75. The largest absolute Gasteiger partial charge is 0.354 e. The molecule has 0 fully saturated rings. The Labute approximate surface area is 124 Å². The van der Waals surface area contributed by atoms with Crippen molar-refractivity contribution >= 4 is 38.9 Å². The van der Waals surface area contributed by atoms with E-state index in [0.29, 0.717) is 21.8 Å². The molecule has 0 aliphatic heterocycles. The molecule has 2 rings (SSSR count). The lowest BCUT2D eigenvalue weighted by molar-refractivity contribution is 1.44. The van der Waals surface area contributed by atoms with Gasteiger partial charge in [0, 0.05) is 10.2 Å². The average molecular weight is 333 g/mol. The molecule has 0 unspecified atom stereocenters. The zero-order valence-corrected chi connectivity index (χ0v) is 12.0. The lowest BCUT2D eigenvalue weighted by atomic mass is 10.1. The standard InChI is InChI=1S/C14H7BrClN3/c15-11-2-4-14(10(5-11)8-18)19-12-3-1-9(7-17)13(16)6-12/h1-6,19H. The van der Waals surface area contributed by atoms with Crippen LogP contribution in [0, 0.1) is 22.7 Å². The maximum Gasteiger partial charge on any atom is 0.101 e. The molecule has 0 saturated carbocycles. The van der Waals surface area contributed by atoms with E-state index in [1.165, 1.54) is 0 Å². The first-order valence-electron chi connectivity index (χ1n) is 5.30. The summed E-state index contributed by atoms with van der Waals surface area (Å²) >= 11 is 9.28. The third kappa shape index (κ3) is 3.06. The third-order valence-corrected chi connectivity index (χ3v) is 3.28. The van der Waals surface area contributed by atoms with Crippen LogP contribution in [0.3, 0.4) is 0 Å². The second-order valence-corrected chi connectivity index (χ2v) is 5.06. The summed E-state index contributed by atoms with van der Waals surface area (Å²) in [6.07, 6.45) is 0. The van der Waals surface area contributed by atoms with E-state index in [9.17, 15) is 0 Å². The van der Waals surface area contributed by atoms with Crippen LogP contribution < -0.4 is 5.32 Å². The highest BCUT2D eigenvalue weighted by molar-refractivity contribution is 9.10. The summed E-state index contributed by atoms with van der Waals surface area (Å²) in [4.78, 5) is 0. The molecule has 0 spiro atoms. The Morgan fingerprint density at radius 3 is 2.37 bits per heavy atom. The number of hydrogen-bond donors (Lipinski definition) is 1. The molecule has 0 aromatic heterocycles. The fraction of sp³-hybridized carbons (Fsp3) is 0. The molecule has 2 aromatic rings. The van der Waals surface area contributed by atoms with Gasteiger partial charge in [-0.1, -0.05) is 27.5 Å². The molecule has 2 aromatic carbocycles. The number of nitriles is 2. The Balaban J connectivity index is 2.35. The predicted molar refractivity (Wildman–Crippen MR) is 78.3 cm³/mol. The van der Waals surface area contributed by atoms with Crippen molar-refractivity contribution in [1.29, 1.82) is 10.5 Å². The number of rotatable bonds is 2. The maximum absolute atomic E-state index is 9.08. The zero-order chi connectivity index (χ0) is 13.8. The van der Waals surface area contributed by atoms with Gasteiger partial charge in [-0.15, -0.1) is 0 Å². The first-order chi connectivity index (χ1) is 9.13. The first kappa shape index (κ1) is 13.4. The number of nitrogens with zero attached hydrogens (tertiary/aromatic N) is 2. The molecule has 0 amide bonds. The van der Waals surface area contributed by atoms with Crippen LogP contribution in [-0.4, -0.2) is 0 Å². The van der Waals surface area contributed by atoms with E-state index in [0.717, 1.165) is 10.2 Å². The van der Waals surface area contributed by atoms with Gasteiger partial charge in [0.2, 0.25) is 0 Å². The Morgan fingerprint density at radius 2 is 1.74 bits per heavy atom. The lowest BCUT2D eigenvalue weighted by Gasteiger charge is -2.09. The van der Waals surface area contributed by atoms with E-state index in [2.05, 4.69) is 27.3 Å². The molecule has 0 aliphatic rings. The summed E-state index contributed by atoms with van der Waals surface area (Å²) in [7, 11) is 0. The first-order valence-corrected chi connectivity index (χ1v) is 6.47.